The molecule has 31 heavy (non-hydrogen) atoms. The van der Waals surface area contributed by atoms with Crippen molar-refractivity contribution in [2.45, 2.75) is 33.0 Å². The van der Waals surface area contributed by atoms with Gasteiger partial charge in [-0.3, -0.25) is 0 Å². The van der Waals surface area contributed by atoms with Crippen LogP contribution in [0.5, 0.6) is 0 Å². The molecule has 3 aromatic carbocycles. The van der Waals surface area contributed by atoms with Crippen molar-refractivity contribution in [2.75, 3.05) is 13.2 Å². The summed E-state index contributed by atoms with van der Waals surface area (Å²) in [4.78, 5) is 0. The van der Waals surface area contributed by atoms with Crippen LogP contribution >= 0.6 is 6.89 Å². The van der Waals surface area contributed by atoms with Crippen LogP contribution in [0.4, 0.5) is 0 Å². The molecule has 0 aliphatic rings. The number of benzene rings is 3. The van der Waals surface area contributed by atoms with Gasteiger partial charge in [-0.1, -0.05) is 103 Å². The molecule has 0 saturated heterocycles. The number of ether oxygens (including phenoxy) is 2. The van der Waals surface area contributed by atoms with Crippen LogP contribution in [0, 0.1) is 0 Å². The van der Waals surface area contributed by atoms with Gasteiger partial charge in [-0.25, -0.2) is 0 Å². The molecule has 162 valence electrons. The lowest BCUT2D eigenvalue weighted by Crippen LogP contribution is -2.26. The van der Waals surface area contributed by atoms with Gasteiger partial charge >= 0.3 is 0 Å². The van der Waals surface area contributed by atoms with Crippen molar-refractivity contribution in [3.05, 3.63) is 103 Å². The molecule has 0 saturated carbocycles. The quantitative estimate of drug-likeness (QED) is 0.172. The zero-order valence-electron chi connectivity index (χ0n) is 18.6. The van der Waals surface area contributed by atoms with Gasteiger partial charge in [-0.05, 0) is 55.6 Å². The van der Waals surface area contributed by atoms with Crippen LogP contribution in [0.1, 0.15) is 26.7 Å². The summed E-state index contributed by atoms with van der Waals surface area (Å²) in [5.41, 5.74) is 0. The monoisotopic (exact) mass is 432 g/mol. The molecule has 3 aromatic rings. The minimum absolute atomic E-state index is 0.257. The number of unbranched alkanes of at least 4 members (excludes halogenated alkanes) is 1. The van der Waals surface area contributed by atoms with Crippen molar-refractivity contribution in [1.29, 1.82) is 0 Å². The standard InChI is InChI=1S/C28H33O2P/c1-3-29-28(30-4-2)23-15-8-16-24-31(25-17-9-5-10-18-25,26-19-11-6-12-20-26)27-21-13-7-14-22-27/h5-7,9-15,17-24,28H,3-4,8,16H2,1-2H3/b23-15+. The van der Waals surface area contributed by atoms with Crippen LogP contribution < -0.4 is 15.9 Å². The minimum atomic E-state index is -1.86. The van der Waals surface area contributed by atoms with Gasteiger partial charge in [0.2, 0.25) is 0 Å². The molecule has 0 atom stereocenters. The Morgan fingerprint density at radius 2 is 1.06 bits per heavy atom. The van der Waals surface area contributed by atoms with Crippen molar-refractivity contribution < 1.29 is 9.47 Å². The van der Waals surface area contributed by atoms with Gasteiger partial charge in [0.15, 0.2) is 6.29 Å². The second kappa shape index (κ2) is 12.5. The van der Waals surface area contributed by atoms with E-state index in [1.54, 1.807) is 0 Å². The lowest BCUT2D eigenvalue weighted by atomic mass is 10.3. The number of rotatable bonds is 11. The van der Waals surface area contributed by atoms with E-state index in [1.807, 2.05) is 19.9 Å². The molecule has 0 aliphatic heterocycles. The summed E-state index contributed by atoms with van der Waals surface area (Å²) in [7, 11) is 0. The van der Waals surface area contributed by atoms with E-state index in [9.17, 15) is 0 Å². The van der Waals surface area contributed by atoms with E-state index in [0.717, 1.165) is 12.8 Å². The maximum absolute atomic E-state index is 5.63. The highest BCUT2D eigenvalue weighted by molar-refractivity contribution is 7.94. The van der Waals surface area contributed by atoms with Crippen molar-refractivity contribution in [3.63, 3.8) is 0 Å². The van der Waals surface area contributed by atoms with Gasteiger partial charge in [0, 0.05) is 13.2 Å². The molecule has 0 bridgehead atoms. The minimum Gasteiger partial charge on any atom is -0.349 e. The molecule has 0 heterocycles. The summed E-state index contributed by atoms with van der Waals surface area (Å²) in [5.74, 6) is 2.56. The van der Waals surface area contributed by atoms with Gasteiger partial charge in [0.25, 0.3) is 0 Å². The van der Waals surface area contributed by atoms with Gasteiger partial charge in [0.05, 0.1) is 0 Å². The molecule has 3 heteroatoms. The Morgan fingerprint density at radius 1 is 0.645 bits per heavy atom. The third-order valence-electron chi connectivity index (χ3n) is 5.18. The van der Waals surface area contributed by atoms with Gasteiger partial charge in [0.1, 0.15) is 0 Å². The van der Waals surface area contributed by atoms with Crippen molar-refractivity contribution >= 4 is 28.6 Å². The molecule has 0 radical (unpaired) electrons. The molecule has 0 aliphatic carbocycles. The average molecular weight is 433 g/mol. The Balaban J connectivity index is 2.00. The van der Waals surface area contributed by atoms with E-state index in [0.29, 0.717) is 13.2 Å². The second-order valence-electron chi connectivity index (χ2n) is 7.20. The van der Waals surface area contributed by atoms with Gasteiger partial charge < -0.3 is 9.47 Å². The first-order valence-corrected chi connectivity index (χ1v) is 13.0. The second-order valence-corrected chi connectivity index (χ2v) is 10.6. The topological polar surface area (TPSA) is 18.5 Å². The van der Waals surface area contributed by atoms with Crippen molar-refractivity contribution in [2.24, 2.45) is 0 Å². The lowest BCUT2D eigenvalue weighted by molar-refractivity contribution is -0.104. The van der Waals surface area contributed by atoms with E-state index >= 15 is 0 Å². The summed E-state index contributed by atoms with van der Waals surface area (Å²) >= 11 is 0. The normalized spacial score (nSPS) is 11.8. The summed E-state index contributed by atoms with van der Waals surface area (Å²) in [6.07, 6.45) is 5.89. The Kier molecular flexibility index (Phi) is 9.37. The molecule has 0 spiro atoms. The first-order valence-electron chi connectivity index (χ1n) is 11.1. The number of hydrogen-bond donors (Lipinski definition) is 0. The molecule has 0 amide bonds. The van der Waals surface area contributed by atoms with Gasteiger partial charge in [-0.2, -0.15) is 0 Å². The fourth-order valence-electron chi connectivity index (χ4n) is 3.81. The summed E-state index contributed by atoms with van der Waals surface area (Å²) < 4.78 is 11.3. The summed E-state index contributed by atoms with van der Waals surface area (Å²) in [5, 5.41) is 4.16. The van der Waals surface area contributed by atoms with Crippen LogP contribution in [0.3, 0.4) is 0 Å². The van der Waals surface area contributed by atoms with E-state index in [2.05, 4.69) is 103 Å². The highest BCUT2D eigenvalue weighted by Crippen LogP contribution is 2.44. The van der Waals surface area contributed by atoms with Crippen LogP contribution in [0.2, 0.25) is 0 Å². The van der Waals surface area contributed by atoms with Crippen LogP contribution in [-0.4, -0.2) is 25.3 Å². The molecule has 3 rings (SSSR count). The molecule has 0 fully saturated rings. The van der Waals surface area contributed by atoms with Crippen molar-refractivity contribution in [3.8, 4) is 0 Å². The van der Waals surface area contributed by atoms with Crippen LogP contribution in [0.15, 0.2) is 103 Å². The summed E-state index contributed by atoms with van der Waals surface area (Å²) in [6, 6.07) is 32.9. The SMILES string of the molecule is CCOC(/C=C/CCC=P(c1ccccc1)(c1ccccc1)c1ccccc1)OCC. The molecule has 0 aromatic heterocycles. The zero-order chi connectivity index (χ0) is 21.8. The maximum Gasteiger partial charge on any atom is 0.176 e. The lowest BCUT2D eigenvalue weighted by Gasteiger charge is -2.29. The first kappa shape index (κ1) is 23.3. The molecular formula is C28H33O2P. The largest absolute Gasteiger partial charge is 0.349 e. The third-order valence-corrected chi connectivity index (χ3v) is 9.33. The molecule has 0 unspecified atom stereocenters. The predicted octanol–water partition coefficient (Wildman–Crippen LogP) is 5.52. The Bertz CT molecular complexity index is 856. The van der Waals surface area contributed by atoms with E-state index in [-0.39, 0.29) is 6.29 Å². The van der Waals surface area contributed by atoms with E-state index < -0.39 is 6.89 Å². The van der Waals surface area contributed by atoms with Crippen LogP contribution in [-0.2, 0) is 9.47 Å². The van der Waals surface area contributed by atoms with E-state index in [4.69, 9.17) is 9.47 Å². The number of hydrogen-bond acceptors (Lipinski definition) is 2. The number of allylic oxidation sites excluding steroid dienone is 1. The highest BCUT2D eigenvalue weighted by atomic mass is 31.2. The molecular weight excluding hydrogens is 399 g/mol. The zero-order valence-corrected chi connectivity index (χ0v) is 19.5. The Morgan fingerprint density at radius 3 is 1.45 bits per heavy atom. The fourth-order valence-corrected chi connectivity index (χ4v) is 7.80. The van der Waals surface area contributed by atoms with Gasteiger partial charge in [-0.15, -0.1) is 0 Å². The fraction of sp³-hybridized carbons (Fsp3) is 0.250. The first-order chi connectivity index (χ1) is 15.3. The van der Waals surface area contributed by atoms with Crippen molar-refractivity contribution in [1.82, 2.24) is 0 Å². The van der Waals surface area contributed by atoms with Crippen LogP contribution in [0.25, 0.3) is 0 Å². The summed E-state index contributed by atoms with van der Waals surface area (Å²) in [6.45, 7) is 3.41. The smallest absolute Gasteiger partial charge is 0.176 e. The average Bonchev–Trinajstić information content (AvgIpc) is 2.83. The third kappa shape index (κ3) is 6.08. The Hall–Kier alpha value is -2.38. The molecule has 2 nitrogen and oxygen atoms in total. The predicted molar refractivity (Wildman–Crippen MR) is 137 cm³/mol. The van der Waals surface area contributed by atoms with E-state index in [1.165, 1.54) is 15.9 Å². The highest BCUT2D eigenvalue weighted by Gasteiger charge is 2.24. The molecule has 0 N–H and O–H groups in total. The Labute approximate surface area is 187 Å². The maximum atomic E-state index is 5.63.